The summed E-state index contributed by atoms with van der Waals surface area (Å²) in [5, 5.41) is 0. The van der Waals surface area contributed by atoms with E-state index in [4.69, 9.17) is 0 Å². The van der Waals surface area contributed by atoms with Crippen LogP contribution in [0, 0.1) is 12.7 Å². The molecule has 0 aromatic heterocycles. The molecule has 0 amide bonds. The lowest BCUT2D eigenvalue weighted by Crippen LogP contribution is -2.53. The van der Waals surface area contributed by atoms with Crippen LogP contribution in [0.3, 0.4) is 0 Å². The van der Waals surface area contributed by atoms with Gasteiger partial charge in [-0.2, -0.15) is 0 Å². The van der Waals surface area contributed by atoms with Gasteiger partial charge < -0.3 is 9.64 Å². The molecule has 1 unspecified atom stereocenters. The molecule has 1 saturated heterocycles. The Bertz CT molecular complexity index is 399. The second kappa shape index (κ2) is 4.12. The number of esters is 1. The lowest BCUT2D eigenvalue weighted by Gasteiger charge is -2.41. The van der Waals surface area contributed by atoms with Crippen molar-refractivity contribution in [2.75, 3.05) is 18.6 Å². The third-order valence-corrected chi connectivity index (χ3v) is 2.97. The Morgan fingerprint density at radius 2 is 2.31 bits per heavy atom. The third-order valence-electron chi connectivity index (χ3n) is 2.97. The Kier molecular flexibility index (Phi) is 2.81. The van der Waals surface area contributed by atoms with E-state index in [1.165, 1.54) is 13.2 Å². The van der Waals surface area contributed by atoms with E-state index in [0.717, 1.165) is 12.0 Å². The summed E-state index contributed by atoms with van der Waals surface area (Å²) in [6, 6.07) is 4.59. The quantitative estimate of drug-likeness (QED) is 0.717. The van der Waals surface area contributed by atoms with Crippen LogP contribution < -0.4 is 4.90 Å². The summed E-state index contributed by atoms with van der Waals surface area (Å²) in [5.74, 6) is -0.581. The fraction of sp³-hybridized carbons (Fsp3) is 0.417. The first-order valence-electron chi connectivity index (χ1n) is 5.24. The predicted octanol–water partition coefficient (Wildman–Crippen LogP) is 1.89. The second-order valence-electron chi connectivity index (χ2n) is 3.93. The number of hydrogen-bond donors (Lipinski definition) is 0. The van der Waals surface area contributed by atoms with Crippen LogP contribution in [0.25, 0.3) is 0 Å². The molecule has 3 nitrogen and oxygen atoms in total. The number of benzene rings is 1. The maximum absolute atomic E-state index is 13.7. The van der Waals surface area contributed by atoms with Gasteiger partial charge in [-0.1, -0.05) is 12.1 Å². The molecule has 1 aliphatic heterocycles. The Labute approximate surface area is 93.8 Å². The topological polar surface area (TPSA) is 29.5 Å². The highest BCUT2D eigenvalue weighted by molar-refractivity contribution is 5.82. The molecule has 1 aromatic rings. The van der Waals surface area contributed by atoms with Crippen molar-refractivity contribution in [3.63, 3.8) is 0 Å². The Morgan fingerprint density at radius 1 is 1.56 bits per heavy atom. The molecule has 1 heterocycles. The molecule has 16 heavy (non-hydrogen) atoms. The van der Waals surface area contributed by atoms with Crippen molar-refractivity contribution >= 4 is 11.7 Å². The number of methoxy groups -OCH3 is 1. The van der Waals surface area contributed by atoms with E-state index in [-0.39, 0.29) is 17.8 Å². The van der Waals surface area contributed by atoms with E-state index in [2.05, 4.69) is 4.74 Å². The SMILES string of the molecule is COC(=O)C1CCN1c1c(C)cccc1F. The molecule has 4 heteroatoms. The Balaban J connectivity index is 2.28. The monoisotopic (exact) mass is 223 g/mol. The highest BCUT2D eigenvalue weighted by Gasteiger charge is 2.36. The zero-order valence-corrected chi connectivity index (χ0v) is 9.37. The number of anilines is 1. The van der Waals surface area contributed by atoms with Crippen molar-refractivity contribution in [3.05, 3.63) is 29.6 Å². The van der Waals surface area contributed by atoms with Gasteiger partial charge in [0, 0.05) is 6.54 Å². The van der Waals surface area contributed by atoms with Crippen LogP contribution in [0.15, 0.2) is 18.2 Å². The van der Waals surface area contributed by atoms with Gasteiger partial charge in [-0.15, -0.1) is 0 Å². The van der Waals surface area contributed by atoms with Gasteiger partial charge in [-0.3, -0.25) is 0 Å². The van der Waals surface area contributed by atoms with E-state index in [9.17, 15) is 9.18 Å². The van der Waals surface area contributed by atoms with Crippen molar-refractivity contribution in [2.24, 2.45) is 0 Å². The van der Waals surface area contributed by atoms with E-state index in [1.807, 2.05) is 13.0 Å². The number of para-hydroxylation sites is 1. The molecule has 1 fully saturated rings. The Hall–Kier alpha value is -1.58. The molecule has 2 rings (SSSR count). The molecule has 86 valence electrons. The van der Waals surface area contributed by atoms with Crippen LogP contribution in [-0.4, -0.2) is 25.7 Å². The maximum Gasteiger partial charge on any atom is 0.328 e. The number of rotatable bonds is 2. The normalized spacial score (nSPS) is 19.2. The molecule has 0 saturated carbocycles. The predicted molar refractivity (Wildman–Crippen MR) is 58.9 cm³/mol. The summed E-state index contributed by atoms with van der Waals surface area (Å²) < 4.78 is 18.4. The van der Waals surface area contributed by atoms with Crippen LogP contribution in [0.4, 0.5) is 10.1 Å². The molecule has 1 aromatic carbocycles. The fourth-order valence-electron chi connectivity index (χ4n) is 2.02. The van der Waals surface area contributed by atoms with Gasteiger partial charge in [-0.25, -0.2) is 9.18 Å². The fourth-order valence-corrected chi connectivity index (χ4v) is 2.02. The standard InChI is InChI=1S/C12H14FNO2/c1-8-4-3-5-9(13)11(8)14-7-6-10(14)12(15)16-2/h3-5,10H,6-7H2,1-2H3. The summed E-state index contributed by atoms with van der Waals surface area (Å²) >= 11 is 0. The first kappa shape index (κ1) is 10.9. The maximum atomic E-state index is 13.7. The first-order valence-corrected chi connectivity index (χ1v) is 5.24. The van der Waals surface area contributed by atoms with Gasteiger partial charge in [0.1, 0.15) is 11.9 Å². The summed E-state index contributed by atoms with van der Waals surface area (Å²) in [4.78, 5) is 13.2. The highest BCUT2D eigenvalue weighted by atomic mass is 19.1. The molecule has 0 spiro atoms. The summed E-state index contributed by atoms with van der Waals surface area (Å²) in [6.45, 7) is 2.53. The van der Waals surface area contributed by atoms with Crippen LogP contribution >= 0.6 is 0 Å². The van der Waals surface area contributed by atoms with Crippen molar-refractivity contribution in [2.45, 2.75) is 19.4 Å². The van der Waals surface area contributed by atoms with Gasteiger partial charge >= 0.3 is 5.97 Å². The van der Waals surface area contributed by atoms with Gasteiger partial charge in [0.25, 0.3) is 0 Å². The average Bonchev–Trinajstić information content (AvgIpc) is 2.21. The number of halogens is 1. The largest absolute Gasteiger partial charge is 0.467 e. The number of carbonyl (C=O) groups is 1. The van der Waals surface area contributed by atoms with Crippen LogP contribution in [-0.2, 0) is 9.53 Å². The zero-order valence-electron chi connectivity index (χ0n) is 9.37. The molecule has 0 aliphatic carbocycles. The summed E-state index contributed by atoms with van der Waals surface area (Å²) in [6.07, 6.45) is 0.723. The van der Waals surface area contributed by atoms with Gasteiger partial charge in [0.05, 0.1) is 12.8 Å². The van der Waals surface area contributed by atoms with Gasteiger partial charge in [0.2, 0.25) is 0 Å². The second-order valence-corrected chi connectivity index (χ2v) is 3.93. The number of ether oxygens (including phenoxy) is 1. The van der Waals surface area contributed by atoms with Crippen molar-refractivity contribution in [3.8, 4) is 0 Å². The van der Waals surface area contributed by atoms with Crippen molar-refractivity contribution < 1.29 is 13.9 Å². The molecular formula is C12H14FNO2. The molecule has 0 bridgehead atoms. The van der Waals surface area contributed by atoms with Crippen LogP contribution in [0.2, 0.25) is 0 Å². The average molecular weight is 223 g/mol. The highest BCUT2D eigenvalue weighted by Crippen LogP contribution is 2.32. The number of hydrogen-bond acceptors (Lipinski definition) is 3. The number of aryl methyl sites for hydroxylation is 1. The van der Waals surface area contributed by atoms with E-state index < -0.39 is 0 Å². The minimum absolute atomic E-state index is 0.284. The minimum atomic E-state index is -0.333. The molecule has 0 radical (unpaired) electrons. The van der Waals surface area contributed by atoms with Gasteiger partial charge in [0.15, 0.2) is 0 Å². The number of carbonyl (C=O) groups excluding carboxylic acids is 1. The van der Waals surface area contributed by atoms with E-state index in [0.29, 0.717) is 12.2 Å². The summed E-state index contributed by atoms with van der Waals surface area (Å²) in [7, 11) is 1.35. The van der Waals surface area contributed by atoms with Crippen LogP contribution in [0.1, 0.15) is 12.0 Å². The minimum Gasteiger partial charge on any atom is -0.467 e. The number of nitrogens with zero attached hydrogens (tertiary/aromatic N) is 1. The van der Waals surface area contributed by atoms with Gasteiger partial charge in [-0.05, 0) is 25.0 Å². The molecular weight excluding hydrogens is 209 g/mol. The smallest absolute Gasteiger partial charge is 0.328 e. The molecule has 0 N–H and O–H groups in total. The Morgan fingerprint density at radius 3 is 2.81 bits per heavy atom. The van der Waals surface area contributed by atoms with Crippen molar-refractivity contribution in [1.29, 1.82) is 0 Å². The van der Waals surface area contributed by atoms with Crippen LogP contribution in [0.5, 0.6) is 0 Å². The lowest BCUT2D eigenvalue weighted by atomic mass is 10.00. The summed E-state index contributed by atoms with van der Waals surface area (Å²) in [5.41, 5.74) is 1.36. The first-order chi connectivity index (χ1) is 7.65. The molecule has 1 atom stereocenters. The zero-order chi connectivity index (χ0) is 11.7. The lowest BCUT2D eigenvalue weighted by molar-refractivity contribution is -0.143. The van der Waals surface area contributed by atoms with Crippen molar-refractivity contribution in [1.82, 2.24) is 0 Å². The molecule has 1 aliphatic rings. The van der Waals surface area contributed by atoms with E-state index >= 15 is 0 Å². The van der Waals surface area contributed by atoms with E-state index in [1.54, 1.807) is 11.0 Å². The third kappa shape index (κ3) is 1.64.